The molecule has 1 unspecified atom stereocenters. The Balaban J connectivity index is 1.44. The fraction of sp³-hybridized carbons (Fsp3) is 0.800. The number of carbonyl (C=O) groups is 1. The molecule has 0 aromatic carbocycles. The van der Waals surface area contributed by atoms with Crippen molar-refractivity contribution in [3.63, 3.8) is 0 Å². The number of aryl methyl sites for hydroxylation is 1. The van der Waals surface area contributed by atoms with Crippen molar-refractivity contribution in [2.24, 2.45) is 23.2 Å². The molecule has 0 spiro atoms. The molecular weight excluding hydrogens is 298 g/mol. The van der Waals surface area contributed by atoms with Gasteiger partial charge in [-0.1, -0.05) is 0 Å². The Labute approximate surface area is 144 Å². The van der Waals surface area contributed by atoms with E-state index in [-0.39, 0.29) is 11.5 Å². The molecule has 0 radical (unpaired) electrons. The highest BCUT2D eigenvalue weighted by molar-refractivity contribution is 5.84. The molecule has 5 fully saturated rings. The van der Waals surface area contributed by atoms with Gasteiger partial charge in [-0.05, 0) is 82.1 Å². The van der Waals surface area contributed by atoms with Crippen LogP contribution in [0.3, 0.4) is 0 Å². The van der Waals surface area contributed by atoms with E-state index in [4.69, 9.17) is 0 Å². The lowest BCUT2D eigenvalue weighted by molar-refractivity contribution is -0.158. The standard InChI is InChI=1S/C20H29N3O/c1-2-23-18(5-6-21-23)17-4-3-7-22(17)19(24)20-11-14-8-15(12-20)10-16(9-14)13-20/h5-6,14-17H,2-4,7-13H2,1H3. The van der Waals surface area contributed by atoms with Gasteiger partial charge in [-0.15, -0.1) is 0 Å². The van der Waals surface area contributed by atoms with Crippen LogP contribution in [0.5, 0.6) is 0 Å². The van der Waals surface area contributed by atoms with Crippen molar-refractivity contribution >= 4 is 5.91 Å². The molecule has 4 heteroatoms. The van der Waals surface area contributed by atoms with E-state index in [2.05, 4.69) is 27.7 Å². The number of hydrogen-bond donors (Lipinski definition) is 0. The van der Waals surface area contributed by atoms with Crippen molar-refractivity contribution in [1.82, 2.24) is 14.7 Å². The lowest BCUT2D eigenvalue weighted by Gasteiger charge is -2.56. The zero-order valence-electron chi connectivity index (χ0n) is 14.8. The quantitative estimate of drug-likeness (QED) is 0.847. The summed E-state index contributed by atoms with van der Waals surface area (Å²) in [5.74, 6) is 3.00. The molecule has 4 nitrogen and oxygen atoms in total. The molecule has 5 aliphatic rings. The highest BCUT2D eigenvalue weighted by atomic mass is 16.2. The number of nitrogens with zero attached hydrogens (tertiary/aromatic N) is 3. The second-order valence-corrected chi connectivity index (χ2v) is 8.93. The first-order valence-electron chi connectivity index (χ1n) is 10.0. The van der Waals surface area contributed by atoms with E-state index in [0.29, 0.717) is 5.91 Å². The third-order valence-corrected chi connectivity index (χ3v) is 7.40. The number of aromatic nitrogens is 2. The van der Waals surface area contributed by atoms with Gasteiger partial charge in [0.05, 0.1) is 17.2 Å². The van der Waals surface area contributed by atoms with Gasteiger partial charge >= 0.3 is 0 Å². The summed E-state index contributed by atoms with van der Waals surface area (Å²) < 4.78 is 2.08. The summed E-state index contributed by atoms with van der Waals surface area (Å²) in [6, 6.07) is 2.38. The Bertz CT molecular complexity index is 614. The van der Waals surface area contributed by atoms with Crippen LogP contribution >= 0.6 is 0 Å². The second-order valence-electron chi connectivity index (χ2n) is 8.93. The van der Waals surface area contributed by atoms with Crippen molar-refractivity contribution in [3.05, 3.63) is 18.0 Å². The Morgan fingerprint density at radius 1 is 1.21 bits per heavy atom. The van der Waals surface area contributed by atoms with Crippen molar-refractivity contribution in [1.29, 1.82) is 0 Å². The Morgan fingerprint density at radius 3 is 2.50 bits per heavy atom. The minimum Gasteiger partial charge on any atom is -0.334 e. The molecule has 2 heterocycles. The fourth-order valence-corrected chi connectivity index (χ4v) is 6.88. The third kappa shape index (κ3) is 2.11. The highest BCUT2D eigenvalue weighted by Crippen LogP contribution is 2.61. The molecule has 4 aliphatic carbocycles. The topological polar surface area (TPSA) is 38.1 Å². The minimum absolute atomic E-state index is 0.00555. The van der Waals surface area contributed by atoms with Crippen LogP contribution in [0.15, 0.2) is 12.3 Å². The van der Waals surface area contributed by atoms with Crippen LogP contribution in [0, 0.1) is 23.2 Å². The zero-order valence-corrected chi connectivity index (χ0v) is 14.8. The third-order valence-electron chi connectivity index (χ3n) is 7.40. The maximum absolute atomic E-state index is 13.7. The van der Waals surface area contributed by atoms with Gasteiger partial charge in [0.2, 0.25) is 5.91 Å². The highest BCUT2D eigenvalue weighted by Gasteiger charge is 2.56. The Kier molecular flexibility index (Phi) is 3.33. The molecule has 4 saturated carbocycles. The predicted octanol–water partition coefficient (Wildman–Crippen LogP) is 3.78. The molecule has 6 rings (SSSR count). The summed E-state index contributed by atoms with van der Waals surface area (Å²) in [5.41, 5.74) is 1.24. The van der Waals surface area contributed by atoms with E-state index >= 15 is 0 Å². The SMILES string of the molecule is CCn1nccc1C1CCCN1C(=O)C12CC3CC(CC(C3)C1)C2. The summed E-state index contributed by atoms with van der Waals surface area (Å²) >= 11 is 0. The zero-order chi connectivity index (χ0) is 16.3. The summed E-state index contributed by atoms with van der Waals surface area (Å²) in [4.78, 5) is 15.9. The Morgan fingerprint density at radius 2 is 1.88 bits per heavy atom. The molecule has 1 amide bonds. The monoisotopic (exact) mass is 327 g/mol. The van der Waals surface area contributed by atoms with E-state index < -0.39 is 0 Å². The van der Waals surface area contributed by atoms with Gasteiger partial charge in [0.25, 0.3) is 0 Å². The van der Waals surface area contributed by atoms with Crippen LogP contribution < -0.4 is 0 Å². The van der Waals surface area contributed by atoms with Gasteiger partial charge in [0, 0.05) is 19.3 Å². The molecule has 130 valence electrons. The van der Waals surface area contributed by atoms with Crippen LogP contribution in [0.25, 0.3) is 0 Å². The summed E-state index contributed by atoms with van der Waals surface area (Å²) in [6.07, 6.45) is 11.9. The molecule has 1 saturated heterocycles. The molecule has 24 heavy (non-hydrogen) atoms. The van der Waals surface area contributed by atoms with Crippen molar-refractivity contribution in [3.8, 4) is 0 Å². The molecule has 0 N–H and O–H groups in total. The molecular formula is C20H29N3O. The predicted molar refractivity (Wildman–Crippen MR) is 92.2 cm³/mol. The first-order valence-corrected chi connectivity index (χ1v) is 10.0. The average Bonchev–Trinajstić information content (AvgIpc) is 3.21. The van der Waals surface area contributed by atoms with Gasteiger partial charge in [0.1, 0.15) is 0 Å². The van der Waals surface area contributed by atoms with E-state index in [1.807, 2.05) is 6.20 Å². The van der Waals surface area contributed by atoms with Gasteiger partial charge in [-0.2, -0.15) is 5.10 Å². The van der Waals surface area contributed by atoms with Crippen molar-refractivity contribution in [2.45, 2.75) is 70.9 Å². The van der Waals surface area contributed by atoms with Gasteiger partial charge in [-0.25, -0.2) is 0 Å². The van der Waals surface area contributed by atoms with E-state index in [1.165, 1.54) is 44.2 Å². The lowest BCUT2D eigenvalue weighted by atomic mass is 9.49. The molecule has 1 aliphatic heterocycles. The molecule has 1 aromatic rings. The van der Waals surface area contributed by atoms with Crippen LogP contribution in [0.1, 0.15) is 70.0 Å². The van der Waals surface area contributed by atoms with Gasteiger partial charge in [-0.3, -0.25) is 9.48 Å². The van der Waals surface area contributed by atoms with E-state index in [1.54, 1.807) is 0 Å². The minimum atomic E-state index is -0.00555. The maximum atomic E-state index is 13.7. The lowest BCUT2D eigenvalue weighted by Crippen LogP contribution is -2.54. The second kappa shape index (κ2) is 5.34. The number of amides is 1. The summed E-state index contributed by atoms with van der Waals surface area (Å²) in [7, 11) is 0. The molecule has 1 atom stereocenters. The van der Waals surface area contributed by atoms with E-state index in [9.17, 15) is 4.79 Å². The summed E-state index contributed by atoms with van der Waals surface area (Å²) in [6.45, 7) is 3.97. The first-order chi connectivity index (χ1) is 11.7. The first kappa shape index (κ1) is 15.0. The van der Waals surface area contributed by atoms with Crippen molar-refractivity contribution in [2.75, 3.05) is 6.54 Å². The summed E-state index contributed by atoms with van der Waals surface area (Å²) in [5, 5.41) is 4.44. The van der Waals surface area contributed by atoms with Gasteiger partial charge in [0.15, 0.2) is 0 Å². The average molecular weight is 327 g/mol. The number of likely N-dealkylation sites (tertiary alicyclic amines) is 1. The van der Waals surface area contributed by atoms with Crippen LogP contribution in [-0.2, 0) is 11.3 Å². The molecule has 4 bridgehead atoms. The largest absolute Gasteiger partial charge is 0.334 e. The number of carbonyl (C=O) groups excluding carboxylic acids is 1. The normalized spacial score (nSPS) is 40.5. The molecule has 1 aromatic heterocycles. The van der Waals surface area contributed by atoms with Crippen LogP contribution in [-0.4, -0.2) is 27.1 Å². The van der Waals surface area contributed by atoms with E-state index in [0.717, 1.165) is 43.7 Å². The van der Waals surface area contributed by atoms with Crippen LogP contribution in [0.4, 0.5) is 0 Å². The number of rotatable bonds is 3. The van der Waals surface area contributed by atoms with Crippen LogP contribution in [0.2, 0.25) is 0 Å². The van der Waals surface area contributed by atoms with Gasteiger partial charge < -0.3 is 4.90 Å². The Hall–Kier alpha value is -1.32. The van der Waals surface area contributed by atoms with Crippen molar-refractivity contribution < 1.29 is 4.79 Å². The number of hydrogen-bond acceptors (Lipinski definition) is 2. The smallest absolute Gasteiger partial charge is 0.229 e. The fourth-order valence-electron chi connectivity index (χ4n) is 6.88. The maximum Gasteiger partial charge on any atom is 0.229 e.